The highest BCUT2D eigenvalue weighted by Gasteiger charge is 2.16. The van der Waals surface area contributed by atoms with Gasteiger partial charge in [0, 0.05) is 12.1 Å². The fourth-order valence-corrected chi connectivity index (χ4v) is 3.21. The summed E-state index contributed by atoms with van der Waals surface area (Å²) < 4.78 is 31.3. The molecule has 0 atom stereocenters. The highest BCUT2D eigenvalue weighted by molar-refractivity contribution is 7.89. The molecule has 0 bridgehead atoms. The Morgan fingerprint density at radius 3 is 2.16 bits per heavy atom. The lowest BCUT2D eigenvalue weighted by atomic mass is 10.2. The summed E-state index contributed by atoms with van der Waals surface area (Å²) in [6.45, 7) is 5.30. The Labute approximate surface area is 145 Å². The number of carbonyl (C=O) groups excluding carboxylic acids is 2. The second-order valence-electron chi connectivity index (χ2n) is 5.26. The van der Waals surface area contributed by atoms with Crippen LogP contribution in [0.25, 0.3) is 0 Å². The van der Waals surface area contributed by atoms with E-state index in [9.17, 15) is 18.0 Å². The van der Waals surface area contributed by atoms with Crippen LogP contribution < -0.4 is 15.6 Å². The van der Waals surface area contributed by atoms with Crippen molar-refractivity contribution in [3.63, 3.8) is 0 Å². The molecule has 2 amide bonds. The van der Waals surface area contributed by atoms with Gasteiger partial charge in [-0.3, -0.25) is 20.4 Å². The molecule has 0 saturated carbocycles. The molecule has 25 heavy (non-hydrogen) atoms. The molecule has 1 aromatic heterocycles. The van der Waals surface area contributed by atoms with Crippen LogP contribution in [-0.2, 0) is 10.0 Å². The van der Waals surface area contributed by atoms with Crippen LogP contribution in [0.1, 0.15) is 39.2 Å². The third-order valence-electron chi connectivity index (χ3n) is 3.34. The molecule has 0 aliphatic rings. The molecule has 1 heterocycles. The van der Waals surface area contributed by atoms with E-state index < -0.39 is 21.8 Å². The van der Waals surface area contributed by atoms with Crippen LogP contribution in [0.5, 0.6) is 0 Å². The summed E-state index contributed by atoms with van der Waals surface area (Å²) in [5.74, 6) is -0.0404. The van der Waals surface area contributed by atoms with Crippen molar-refractivity contribution in [2.24, 2.45) is 0 Å². The zero-order valence-corrected chi connectivity index (χ0v) is 14.9. The molecule has 0 fully saturated rings. The number of carbonyl (C=O) groups is 2. The number of hydrogen-bond donors (Lipinski definition) is 3. The fourth-order valence-electron chi connectivity index (χ4n) is 2.17. The second-order valence-corrected chi connectivity index (χ2v) is 7.03. The third-order valence-corrected chi connectivity index (χ3v) is 4.90. The molecular formula is C16H19N3O5S. The van der Waals surface area contributed by atoms with E-state index in [4.69, 9.17) is 4.42 Å². The predicted octanol–water partition coefficient (Wildman–Crippen LogP) is 1.27. The van der Waals surface area contributed by atoms with E-state index in [1.54, 1.807) is 26.8 Å². The third kappa shape index (κ3) is 4.46. The zero-order valence-electron chi connectivity index (χ0n) is 14.0. The van der Waals surface area contributed by atoms with E-state index >= 15 is 0 Å². The molecule has 2 rings (SSSR count). The van der Waals surface area contributed by atoms with Gasteiger partial charge < -0.3 is 4.42 Å². The first-order chi connectivity index (χ1) is 11.7. The van der Waals surface area contributed by atoms with E-state index in [1.807, 2.05) is 0 Å². The molecule has 8 nitrogen and oxygen atoms in total. The van der Waals surface area contributed by atoms with Crippen LogP contribution in [0.4, 0.5) is 0 Å². The first-order valence-corrected chi connectivity index (χ1v) is 9.00. The molecule has 0 radical (unpaired) electrons. The summed E-state index contributed by atoms with van der Waals surface area (Å²) in [5.41, 5.74) is 5.09. The van der Waals surface area contributed by atoms with Crippen LogP contribution in [0.15, 0.2) is 39.6 Å². The van der Waals surface area contributed by atoms with Crippen molar-refractivity contribution in [1.29, 1.82) is 0 Å². The van der Waals surface area contributed by atoms with Gasteiger partial charge in [-0.05, 0) is 44.2 Å². The standard InChI is InChI=1S/C16H19N3O5S/c1-4-17-25(22,23)13-7-5-12(6-8-13)15(20)18-19-16(21)14-9-10(2)24-11(14)3/h5-9,17H,4H2,1-3H3,(H,18,20)(H,19,21). The number of sulfonamides is 1. The smallest absolute Gasteiger partial charge is 0.273 e. The maximum absolute atomic E-state index is 12.0. The van der Waals surface area contributed by atoms with Crippen LogP contribution >= 0.6 is 0 Å². The first kappa shape index (κ1) is 18.7. The quantitative estimate of drug-likeness (QED) is 0.690. The topological polar surface area (TPSA) is 118 Å². The number of aryl methyl sites for hydroxylation is 2. The SMILES string of the molecule is CCNS(=O)(=O)c1ccc(C(=O)NNC(=O)c2cc(C)oc2C)cc1. The Morgan fingerprint density at radius 1 is 1.04 bits per heavy atom. The maximum Gasteiger partial charge on any atom is 0.273 e. The molecule has 2 aromatic rings. The van der Waals surface area contributed by atoms with Gasteiger partial charge in [0.2, 0.25) is 10.0 Å². The summed E-state index contributed by atoms with van der Waals surface area (Å²) in [6, 6.07) is 6.92. The van der Waals surface area contributed by atoms with E-state index in [1.165, 1.54) is 24.3 Å². The van der Waals surface area contributed by atoms with Gasteiger partial charge in [0.1, 0.15) is 11.5 Å². The molecule has 1 aromatic carbocycles. The van der Waals surface area contributed by atoms with Gasteiger partial charge >= 0.3 is 0 Å². The largest absolute Gasteiger partial charge is 0.466 e. The van der Waals surface area contributed by atoms with Gasteiger partial charge in [-0.15, -0.1) is 0 Å². The first-order valence-electron chi connectivity index (χ1n) is 7.52. The van der Waals surface area contributed by atoms with Crippen LogP contribution in [0.2, 0.25) is 0 Å². The number of hydrazine groups is 1. The van der Waals surface area contributed by atoms with Gasteiger partial charge in [0.15, 0.2) is 0 Å². The summed E-state index contributed by atoms with van der Waals surface area (Å²) in [5, 5.41) is 0. The van der Waals surface area contributed by atoms with Crippen molar-refractivity contribution in [2.75, 3.05) is 6.54 Å². The second kappa shape index (κ2) is 7.49. The summed E-state index contributed by atoms with van der Waals surface area (Å²) in [4.78, 5) is 24.1. The summed E-state index contributed by atoms with van der Waals surface area (Å²) in [7, 11) is -3.58. The van der Waals surface area contributed by atoms with Gasteiger partial charge in [0.25, 0.3) is 11.8 Å². The van der Waals surface area contributed by atoms with Crippen LogP contribution in [-0.4, -0.2) is 26.8 Å². The molecular weight excluding hydrogens is 346 g/mol. The molecule has 0 aliphatic heterocycles. The van der Waals surface area contributed by atoms with Crippen molar-refractivity contribution in [2.45, 2.75) is 25.7 Å². The minimum absolute atomic E-state index is 0.0550. The zero-order chi connectivity index (χ0) is 18.6. The van der Waals surface area contributed by atoms with Crippen LogP contribution in [0.3, 0.4) is 0 Å². The Hall–Kier alpha value is -2.65. The summed E-state index contributed by atoms with van der Waals surface area (Å²) >= 11 is 0. The Morgan fingerprint density at radius 2 is 1.64 bits per heavy atom. The van der Waals surface area contributed by atoms with E-state index in [-0.39, 0.29) is 17.0 Å². The van der Waals surface area contributed by atoms with Crippen molar-refractivity contribution in [3.8, 4) is 0 Å². The lowest BCUT2D eigenvalue weighted by molar-refractivity contribution is 0.0845. The average molecular weight is 365 g/mol. The highest BCUT2D eigenvalue weighted by atomic mass is 32.2. The normalized spacial score (nSPS) is 11.2. The highest BCUT2D eigenvalue weighted by Crippen LogP contribution is 2.13. The monoisotopic (exact) mass is 365 g/mol. The molecule has 9 heteroatoms. The molecule has 0 spiro atoms. The number of benzene rings is 1. The fraction of sp³-hybridized carbons (Fsp3) is 0.250. The Bertz CT molecular complexity index is 885. The van der Waals surface area contributed by atoms with E-state index in [2.05, 4.69) is 15.6 Å². The number of nitrogens with one attached hydrogen (secondary N) is 3. The molecule has 0 unspecified atom stereocenters. The summed E-state index contributed by atoms with van der Waals surface area (Å²) in [6.07, 6.45) is 0. The lowest BCUT2D eigenvalue weighted by Gasteiger charge is -2.08. The van der Waals surface area contributed by atoms with E-state index in [0.29, 0.717) is 17.1 Å². The van der Waals surface area contributed by atoms with Gasteiger partial charge in [-0.2, -0.15) is 0 Å². The number of amides is 2. The lowest BCUT2D eigenvalue weighted by Crippen LogP contribution is -2.41. The van der Waals surface area contributed by atoms with Crippen molar-refractivity contribution in [1.82, 2.24) is 15.6 Å². The Kier molecular flexibility index (Phi) is 5.60. The molecule has 134 valence electrons. The number of rotatable bonds is 5. The number of furan rings is 1. The van der Waals surface area contributed by atoms with Gasteiger partial charge in [0.05, 0.1) is 10.5 Å². The average Bonchev–Trinajstić information content (AvgIpc) is 2.91. The predicted molar refractivity (Wildman–Crippen MR) is 90.4 cm³/mol. The molecule has 3 N–H and O–H groups in total. The van der Waals surface area contributed by atoms with Gasteiger partial charge in [-0.25, -0.2) is 13.1 Å². The Balaban J connectivity index is 2.02. The van der Waals surface area contributed by atoms with E-state index in [0.717, 1.165) is 0 Å². The maximum atomic E-state index is 12.0. The molecule has 0 aliphatic carbocycles. The minimum Gasteiger partial charge on any atom is -0.466 e. The van der Waals surface area contributed by atoms with Crippen LogP contribution in [0, 0.1) is 13.8 Å². The van der Waals surface area contributed by atoms with Crippen molar-refractivity contribution >= 4 is 21.8 Å². The number of hydrogen-bond acceptors (Lipinski definition) is 5. The van der Waals surface area contributed by atoms with Crippen molar-refractivity contribution in [3.05, 3.63) is 53.0 Å². The minimum atomic E-state index is -3.58. The van der Waals surface area contributed by atoms with Crippen molar-refractivity contribution < 1.29 is 22.4 Å². The molecule has 0 saturated heterocycles. The van der Waals surface area contributed by atoms with Gasteiger partial charge in [-0.1, -0.05) is 6.92 Å².